The summed E-state index contributed by atoms with van der Waals surface area (Å²) in [5, 5.41) is 0. The average Bonchev–Trinajstić information content (AvgIpc) is 3.42. The molecule has 0 saturated carbocycles. The molecule has 6 nitrogen and oxygen atoms in total. The van der Waals surface area contributed by atoms with Crippen LogP contribution in [0.3, 0.4) is 0 Å². The Morgan fingerprint density at radius 3 is 2.15 bits per heavy atom. The second-order valence-corrected chi connectivity index (χ2v) is 10.2. The molecule has 0 unspecified atom stereocenters. The highest BCUT2D eigenvalue weighted by Crippen LogP contribution is 2.45. The molecule has 2 fully saturated rings. The molecule has 2 saturated heterocycles. The van der Waals surface area contributed by atoms with E-state index in [1.54, 1.807) is 20.8 Å². The van der Waals surface area contributed by atoms with Gasteiger partial charge in [0.25, 0.3) is 5.92 Å². The Labute approximate surface area is 197 Å². The fourth-order valence-corrected chi connectivity index (χ4v) is 5.45. The molecule has 1 aliphatic carbocycles. The van der Waals surface area contributed by atoms with E-state index in [0.717, 1.165) is 32.1 Å². The van der Waals surface area contributed by atoms with Gasteiger partial charge in [-0.25, -0.2) is 18.4 Å². The number of carbonyl (C=O) groups excluding carboxylic acids is 2. The fourth-order valence-electron chi connectivity index (χ4n) is 5.45. The zero-order chi connectivity index (χ0) is 24.3. The predicted molar refractivity (Wildman–Crippen MR) is 122 cm³/mol. The van der Waals surface area contributed by atoms with Gasteiger partial charge in [-0.05, 0) is 49.4 Å². The molecule has 8 heteroatoms. The summed E-state index contributed by atoms with van der Waals surface area (Å²) in [7, 11) is 0. The molecular weight excluding hydrogens is 442 g/mol. The molecule has 3 aliphatic rings. The highest BCUT2D eigenvalue weighted by Gasteiger charge is 2.63. The molecule has 2 aromatic rings. The number of hydrogen-bond acceptors (Lipinski definition) is 4. The van der Waals surface area contributed by atoms with Crippen LogP contribution >= 0.6 is 0 Å². The van der Waals surface area contributed by atoms with Crippen LogP contribution < -0.4 is 0 Å². The lowest BCUT2D eigenvalue weighted by molar-refractivity contribution is -0.0442. The second-order valence-electron chi connectivity index (χ2n) is 10.2. The third kappa shape index (κ3) is 3.79. The van der Waals surface area contributed by atoms with Crippen LogP contribution in [0.2, 0.25) is 0 Å². The van der Waals surface area contributed by atoms with Crippen molar-refractivity contribution in [3.05, 3.63) is 59.7 Å². The van der Waals surface area contributed by atoms with E-state index in [9.17, 15) is 18.4 Å². The number of nitrogens with zero attached hydrogens (tertiary/aromatic N) is 2. The standard InChI is InChI=1S/C26H28F2N2O4/c1-25(2,3)34-24(32)30-15-26(27,28)22-21(30)12-13-29(22)23(31)33-14-20-18-10-6-4-8-16(18)17-9-5-7-11-19(17)20/h4-11,20-22H,12-15H2,1-3H3/t21-,22+/m0/s1. The van der Waals surface area contributed by atoms with Gasteiger partial charge in [-0.1, -0.05) is 48.5 Å². The third-order valence-electron chi connectivity index (χ3n) is 6.78. The molecule has 2 aliphatic heterocycles. The van der Waals surface area contributed by atoms with Crippen LogP contribution in [0.15, 0.2) is 48.5 Å². The summed E-state index contributed by atoms with van der Waals surface area (Å²) in [5.74, 6) is -3.40. The van der Waals surface area contributed by atoms with Crippen molar-refractivity contribution < 1.29 is 27.8 Å². The van der Waals surface area contributed by atoms with E-state index in [-0.39, 0.29) is 25.5 Å². The number of benzene rings is 2. The van der Waals surface area contributed by atoms with Crippen molar-refractivity contribution >= 4 is 12.2 Å². The Bertz CT molecular complexity index is 1080. The van der Waals surface area contributed by atoms with E-state index >= 15 is 0 Å². The minimum Gasteiger partial charge on any atom is -0.448 e. The number of amides is 2. The van der Waals surface area contributed by atoms with E-state index < -0.39 is 42.3 Å². The number of halogens is 2. The summed E-state index contributed by atoms with van der Waals surface area (Å²) >= 11 is 0. The zero-order valence-electron chi connectivity index (χ0n) is 19.5. The number of alkyl halides is 2. The Hall–Kier alpha value is -3.16. The lowest BCUT2D eigenvalue weighted by atomic mass is 9.98. The first-order valence-corrected chi connectivity index (χ1v) is 11.6. The third-order valence-corrected chi connectivity index (χ3v) is 6.78. The van der Waals surface area contributed by atoms with Gasteiger partial charge in [-0.15, -0.1) is 0 Å². The summed E-state index contributed by atoms with van der Waals surface area (Å²) in [6.07, 6.45) is -1.31. The molecule has 0 spiro atoms. The monoisotopic (exact) mass is 470 g/mol. The second kappa shape index (κ2) is 7.96. The number of fused-ring (bicyclic) bond motifs is 4. The van der Waals surface area contributed by atoms with Gasteiger partial charge >= 0.3 is 12.2 Å². The van der Waals surface area contributed by atoms with Crippen molar-refractivity contribution in [1.82, 2.24) is 9.80 Å². The first-order chi connectivity index (χ1) is 16.1. The highest BCUT2D eigenvalue weighted by molar-refractivity contribution is 5.79. The largest absolute Gasteiger partial charge is 0.448 e. The van der Waals surface area contributed by atoms with Crippen LogP contribution in [0, 0.1) is 0 Å². The normalized spacial score (nSPS) is 22.9. The van der Waals surface area contributed by atoms with Crippen molar-refractivity contribution in [2.75, 3.05) is 19.7 Å². The van der Waals surface area contributed by atoms with Gasteiger partial charge in [0, 0.05) is 12.5 Å². The van der Waals surface area contributed by atoms with Crippen molar-refractivity contribution in [3.8, 4) is 11.1 Å². The predicted octanol–water partition coefficient (Wildman–Crippen LogP) is 5.26. The summed E-state index contributed by atoms with van der Waals surface area (Å²) in [4.78, 5) is 27.7. The van der Waals surface area contributed by atoms with Gasteiger partial charge in [0.1, 0.15) is 18.2 Å². The van der Waals surface area contributed by atoms with E-state index in [2.05, 4.69) is 0 Å². The van der Waals surface area contributed by atoms with Crippen LogP contribution in [0.4, 0.5) is 18.4 Å². The maximum absolute atomic E-state index is 15.0. The van der Waals surface area contributed by atoms with E-state index in [0.29, 0.717) is 0 Å². The molecule has 2 atom stereocenters. The molecule has 0 bridgehead atoms. The van der Waals surface area contributed by atoms with Crippen LogP contribution in [-0.2, 0) is 9.47 Å². The smallest absolute Gasteiger partial charge is 0.410 e. The molecule has 0 N–H and O–H groups in total. The first kappa shape index (κ1) is 22.6. The number of likely N-dealkylation sites (tertiary alicyclic amines) is 2. The topological polar surface area (TPSA) is 59.1 Å². The Morgan fingerprint density at radius 1 is 0.971 bits per heavy atom. The lowest BCUT2D eigenvalue weighted by Crippen LogP contribution is -2.48. The van der Waals surface area contributed by atoms with Gasteiger partial charge in [0.05, 0.1) is 12.6 Å². The number of ether oxygens (including phenoxy) is 2. The summed E-state index contributed by atoms with van der Waals surface area (Å²) in [5.41, 5.74) is 3.50. The minimum atomic E-state index is -3.25. The van der Waals surface area contributed by atoms with Gasteiger partial charge < -0.3 is 9.47 Å². The van der Waals surface area contributed by atoms with Crippen molar-refractivity contribution in [2.24, 2.45) is 0 Å². The Morgan fingerprint density at radius 2 is 1.56 bits per heavy atom. The van der Waals surface area contributed by atoms with E-state index in [4.69, 9.17) is 9.47 Å². The van der Waals surface area contributed by atoms with Crippen LogP contribution in [-0.4, -0.2) is 65.3 Å². The van der Waals surface area contributed by atoms with Crippen LogP contribution in [0.5, 0.6) is 0 Å². The van der Waals surface area contributed by atoms with Gasteiger partial charge in [0.2, 0.25) is 0 Å². The maximum Gasteiger partial charge on any atom is 0.410 e. The fraction of sp³-hybridized carbons (Fsp3) is 0.462. The Balaban J connectivity index is 1.31. The molecule has 0 aromatic heterocycles. The van der Waals surface area contributed by atoms with Crippen molar-refractivity contribution in [3.63, 3.8) is 0 Å². The van der Waals surface area contributed by atoms with Crippen molar-refractivity contribution in [2.45, 2.75) is 56.7 Å². The number of carbonyl (C=O) groups is 2. The van der Waals surface area contributed by atoms with E-state index in [1.165, 1.54) is 0 Å². The number of hydrogen-bond donors (Lipinski definition) is 0. The molecule has 180 valence electrons. The summed E-state index contributed by atoms with van der Waals surface area (Å²) in [6.45, 7) is 4.45. The first-order valence-electron chi connectivity index (χ1n) is 11.6. The average molecular weight is 471 g/mol. The van der Waals surface area contributed by atoms with Crippen molar-refractivity contribution in [1.29, 1.82) is 0 Å². The summed E-state index contributed by atoms with van der Waals surface area (Å²) in [6, 6.07) is 13.7. The quantitative estimate of drug-likeness (QED) is 0.601. The van der Waals surface area contributed by atoms with Gasteiger partial charge in [-0.3, -0.25) is 9.80 Å². The van der Waals surface area contributed by atoms with E-state index in [1.807, 2.05) is 48.5 Å². The molecule has 2 aromatic carbocycles. The highest BCUT2D eigenvalue weighted by atomic mass is 19.3. The maximum atomic E-state index is 15.0. The molecule has 2 amide bonds. The number of rotatable bonds is 2. The molecule has 34 heavy (non-hydrogen) atoms. The minimum absolute atomic E-state index is 0.0576. The molecule has 2 heterocycles. The van der Waals surface area contributed by atoms with Gasteiger partial charge in [-0.2, -0.15) is 0 Å². The molecular formula is C26H28F2N2O4. The molecule has 5 rings (SSSR count). The Kier molecular flexibility index (Phi) is 5.30. The molecule has 0 radical (unpaired) electrons. The summed E-state index contributed by atoms with van der Waals surface area (Å²) < 4.78 is 40.9. The zero-order valence-corrected chi connectivity index (χ0v) is 19.5. The van der Waals surface area contributed by atoms with Gasteiger partial charge in [0.15, 0.2) is 0 Å². The lowest BCUT2D eigenvalue weighted by Gasteiger charge is -2.28. The van der Waals surface area contributed by atoms with Crippen LogP contribution in [0.1, 0.15) is 44.2 Å². The SMILES string of the molecule is CC(C)(C)OC(=O)N1CC(F)(F)[C@H]2[C@@H]1CCN2C(=O)OCC1c2ccccc2-c2ccccc21. The van der Waals surface area contributed by atoms with Crippen LogP contribution in [0.25, 0.3) is 11.1 Å².